The second kappa shape index (κ2) is 9.67. The third-order valence-electron chi connectivity index (χ3n) is 3.62. The van der Waals surface area contributed by atoms with Gasteiger partial charge in [0.25, 0.3) is 0 Å². The minimum Gasteiger partial charge on any atom is -0.388 e. The Balaban J connectivity index is 2.31. The molecule has 0 aliphatic rings. The van der Waals surface area contributed by atoms with Crippen LogP contribution in [0.2, 0.25) is 0 Å². The fourth-order valence-electron chi connectivity index (χ4n) is 2.24. The highest BCUT2D eigenvalue weighted by molar-refractivity contribution is 5.26. The van der Waals surface area contributed by atoms with Gasteiger partial charge in [0.15, 0.2) is 0 Å². The molecular weight excluding hydrogens is 289 g/mol. The van der Waals surface area contributed by atoms with E-state index in [0.29, 0.717) is 12.0 Å². The van der Waals surface area contributed by atoms with Gasteiger partial charge in [0, 0.05) is 0 Å². The van der Waals surface area contributed by atoms with E-state index >= 15 is 0 Å². The monoisotopic (exact) mass is 314 g/mol. The summed E-state index contributed by atoms with van der Waals surface area (Å²) in [7, 11) is 0. The summed E-state index contributed by atoms with van der Waals surface area (Å²) in [6, 6.07) is 4.70. The highest BCUT2D eigenvalue weighted by Gasteiger charge is 2.30. The van der Waals surface area contributed by atoms with Crippen LogP contribution in [0, 0.1) is 0 Å². The highest BCUT2D eigenvalue weighted by atomic mass is 19.4. The first-order chi connectivity index (χ1) is 10.4. The first-order valence-corrected chi connectivity index (χ1v) is 7.95. The topological polar surface area (TPSA) is 20.2 Å². The van der Waals surface area contributed by atoms with Crippen molar-refractivity contribution in [3.8, 4) is 0 Å². The van der Waals surface area contributed by atoms with Crippen LogP contribution < -0.4 is 0 Å². The fraction of sp³-hybridized carbons (Fsp3) is 0.556. The van der Waals surface area contributed by atoms with E-state index in [2.05, 4.69) is 6.92 Å². The lowest BCUT2D eigenvalue weighted by Crippen LogP contribution is -2.05. The molecule has 1 aromatic carbocycles. The van der Waals surface area contributed by atoms with Gasteiger partial charge < -0.3 is 5.11 Å². The van der Waals surface area contributed by atoms with Gasteiger partial charge in [-0.25, -0.2) is 0 Å². The molecule has 1 rings (SSSR count). The Morgan fingerprint density at radius 3 is 2.23 bits per heavy atom. The molecule has 22 heavy (non-hydrogen) atoms. The third kappa shape index (κ3) is 7.12. The quantitative estimate of drug-likeness (QED) is 0.435. The summed E-state index contributed by atoms with van der Waals surface area (Å²) in [5, 5.41) is 9.95. The van der Waals surface area contributed by atoms with E-state index in [9.17, 15) is 18.3 Å². The number of aliphatic hydroxyl groups is 1. The Bertz CT molecular complexity index is 435. The summed E-state index contributed by atoms with van der Waals surface area (Å²) in [4.78, 5) is 0. The third-order valence-corrected chi connectivity index (χ3v) is 3.62. The number of hydrogen-bond acceptors (Lipinski definition) is 1. The molecule has 0 radical (unpaired) electrons. The van der Waals surface area contributed by atoms with Crippen LogP contribution in [0.1, 0.15) is 69.1 Å². The van der Waals surface area contributed by atoms with Gasteiger partial charge in [-0.3, -0.25) is 0 Å². The lowest BCUT2D eigenvalue weighted by molar-refractivity contribution is -0.137. The van der Waals surface area contributed by atoms with Crippen LogP contribution in [-0.2, 0) is 6.18 Å². The summed E-state index contributed by atoms with van der Waals surface area (Å²) < 4.78 is 37.3. The predicted molar refractivity (Wildman–Crippen MR) is 83.5 cm³/mol. The van der Waals surface area contributed by atoms with Crippen molar-refractivity contribution in [1.29, 1.82) is 0 Å². The van der Waals surface area contributed by atoms with Gasteiger partial charge in [-0.1, -0.05) is 56.9 Å². The second-order valence-electron chi connectivity index (χ2n) is 5.55. The summed E-state index contributed by atoms with van der Waals surface area (Å²) >= 11 is 0. The standard InChI is InChI=1S/C18H25F3O/c1-2-3-4-5-6-7-8-9-10-17(22)15-11-13-16(14-12-15)18(19,20)21/h8-9,11-14,17,22H,2-7,10H2,1H3/b9-8+. The Kier molecular flexibility index (Phi) is 8.25. The van der Waals surface area contributed by atoms with Crippen molar-refractivity contribution in [3.05, 3.63) is 47.5 Å². The zero-order chi connectivity index (χ0) is 16.4. The van der Waals surface area contributed by atoms with Gasteiger partial charge in [0.2, 0.25) is 0 Å². The number of alkyl halides is 3. The van der Waals surface area contributed by atoms with E-state index in [1.54, 1.807) is 0 Å². The number of aliphatic hydroxyl groups excluding tert-OH is 1. The van der Waals surface area contributed by atoms with Crippen LogP contribution in [-0.4, -0.2) is 5.11 Å². The van der Waals surface area contributed by atoms with Crippen LogP contribution in [0.25, 0.3) is 0 Å². The zero-order valence-corrected chi connectivity index (χ0v) is 13.1. The maximum Gasteiger partial charge on any atom is 0.416 e. The van der Waals surface area contributed by atoms with Crippen LogP contribution in [0.3, 0.4) is 0 Å². The van der Waals surface area contributed by atoms with E-state index in [1.807, 2.05) is 12.2 Å². The number of hydrogen-bond donors (Lipinski definition) is 1. The summed E-state index contributed by atoms with van der Waals surface area (Å²) in [6.07, 6.45) is 6.42. The van der Waals surface area contributed by atoms with Crippen molar-refractivity contribution in [2.45, 2.75) is 64.1 Å². The summed E-state index contributed by atoms with van der Waals surface area (Å²) in [5.41, 5.74) is -0.174. The Labute approximate surface area is 130 Å². The van der Waals surface area contributed by atoms with E-state index < -0.39 is 17.8 Å². The van der Waals surface area contributed by atoms with Gasteiger partial charge in [0.1, 0.15) is 0 Å². The number of halogens is 3. The van der Waals surface area contributed by atoms with Gasteiger partial charge in [0.05, 0.1) is 11.7 Å². The second-order valence-corrected chi connectivity index (χ2v) is 5.55. The van der Waals surface area contributed by atoms with Crippen LogP contribution >= 0.6 is 0 Å². The van der Waals surface area contributed by atoms with E-state index in [-0.39, 0.29) is 0 Å². The molecule has 0 aliphatic heterocycles. The molecule has 0 aliphatic carbocycles. The highest BCUT2D eigenvalue weighted by Crippen LogP contribution is 2.30. The van der Waals surface area contributed by atoms with Crippen LogP contribution in [0.4, 0.5) is 13.2 Å². The molecule has 1 N–H and O–H groups in total. The van der Waals surface area contributed by atoms with Crippen molar-refractivity contribution >= 4 is 0 Å². The van der Waals surface area contributed by atoms with E-state index in [0.717, 1.165) is 25.0 Å². The molecule has 1 nitrogen and oxygen atoms in total. The smallest absolute Gasteiger partial charge is 0.388 e. The molecule has 0 bridgehead atoms. The van der Waals surface area contributed by atoms with E-state index in [1.165, 1.54) is 37.8 Å². The van der Waals surface area contributed by atoms with Gasteiger partial charge in [-0.2, -0.15) is 13.2 Å². The molecule has 1 aromatic rings. The van der Waals surface area contributed by atoms with Crippen molar-refractivity contribution in [1.82, 2.24) is 0 Å². The molecule has 0 saturated carbocycles. The lowest BCUT2D eigenvalue weighted by Gasteiger charge is -2.11. The molecule has 0 spiro atoms. The molecule has 0 saturated heterocycles. The zero-order valence-electron chi connectivity index (χ0n) is 13.1. The average molecular weight is 314 g/mol. The molecule has 0 aromatic heterocycles. The van der Waals surface area contributed by atoms with Crippen molar-refractivity contribution in [3.63, 3.8) is 0 Å². The van der Waals surface area contributed by atoms with Gasteiger partial charge in [-0.15, -0.1) is 0 Å². The predicted octanol–water partition coefficient (Wildman–Crippen LogP) is 6.05. The molecule has 124 valence electrons. The molecule has 4 heteroatoms. The Morgan fingerprint density at radius 2 is 1.64 bits per heavy atom. The first kappa shape index (κ1) is 18.8. The molecular formula is C18H25F3O. The minimum atomic E-state index is -4.33. The Morgan fingerprint density at radius 1 is 1.00 bits per heavy atom. The van der Waals surface area contributed by atoms with Crippen molar-refractivity contribution in [2.75, 3.05) is 0 Å². The van der Waals surface area contributed by atoms with E-state index in [4.69, 9.17) is 0 Å². The number of rotatable bonds is 9. The van der Waals surface area contributed by atoms with Gasteiger partial charge >= 0.3 is 6.18 Å². The number of unbranched alkanes of at least 4 members (excludes halogenated alkanes) is 5. The van der Waals surface area contributed by atoms with Gasteiger partial charge in [-0.05, 0) is 37.0 Å². The molecule has 0 amide bonds. The van der Waals surface area contributed by atoms with Crippen molar-refractivity contribution in [2.24, 2.45) is 0 Å². The number of benzene rings is 1. The fourth-order valence-corrected chi connectivity index (χ4v) is 2.24. The minimum absolute atomic E-state index is 0.431. The molecule has 1 unspecified atom stereocenters. The normalized spacial score (nSPS) is 13.7. The Hall–Kier alpha value is -1.29. The number of allylic oxidation sites excluding steroid dienone is 1. The molecule has 0 fully saturated rings. The maximum atomic E-state index is 12.4. The molecule has 1 atom stereocenters. The van der Waals surface area contributed by atoms with Crippen LogP contribution in [0.5, 0.6) is 0 Å². The maximum absolute atomic E-state index is 12.4. The largest absolute Gasteiger partial charge is 0.416 e. The van der Waals surface area contributed by atoms with Crippen LogP contribution in [0.15, 0.2) is 36.4 Å². The SMILES string of the molecule is CCCCCCC/C=C/CC(O)c1ccc(C(F)(F)F)cc1. The van der Waals surface area contributed by atoms with Crippen molar-refractivity contribution < 1.29 is 18.3 Å². The lowest BCUT2D eigenvalue weighted by atomic mass is 10.0. The average Bonchev–Trinajstić information content (AvgIpc) is 2.49. The molecule has 0 heterocycles. The summed E-state index contributed by atoms with van der Waals surface area (Å²) in [5.74, 6) is 0. The first-order valence-electron chi connectivity index (χ1n) is 7.95. The summed E-state index contributed by atoms with van der Waals surface area (Å²) in [6.45, 7) is 2.18.